The van der Waals surface area contributed by atoms with Gasteiger partial charge < -0.3 is 20.8 Å². The quantitative estimate of drug-likeness (QED) is 0.214. The monoisotopic (exact) mass is 708 g/mol. The molecule has 52 heavy (non-hydrogen) atoms. The zero-order valence-corrected chi connectivity index (χ0v) is 32.2. The van der Waals surface area contributed by atoms with E-state index in [9.17, 15) is 24.6 Å². The highest BCUT2D eigenvalue weighted by atomic mass is 16.4. The van der Waals surface area contributed by atoms with Crippen molar-refractivity contribution >= 4 is 23.5 Å². The Labute approximate surface area is 310 Å². The van der Waals surface area contributed by atoms with Gasteiger partial charge in [-0.05, 0) is 158 Å². The number of carboxylic acids is 1. The summed E-state index contributed by atoms with van der Waals surface area (Å²) >= 11 is 0. The fraction of sp³-hybridized carbons (Fsp3) is 0.622. The summed E-state index contributed by atoms with van der Waals surface area (Å²) in [5.74, 6) is 0.944. The van der Waals surface area contributed by atoms with Crippen LogP contribution in [0.5, 0.6) is 0 Å². The van der Waals surface area contributed by atoms with Crippen molar-refractivity contribution in [3.05, 3.63) is 77.4 Å². The van der Waals surface area contributed by atoms with E-state index in [1.165, 1.54) is 37.0 Å². The smallest absolute Gasteiger partial charge is 0.335 e. The molecule has 4 N–H and O–H groups in total. The molecule has 0 aliphatic heterocycles. The zero-order chi connectivity index (χ0) is 37.4. The lowest BCUT2D eigenvalue weighted by Gasteiger charge is -2.72. The first-order chi connectivity index (χ1) is 24.5. The van der Waals surface area contributed by atoms with Gasteiger partial charge in [-0.15, -0.1) is 0 Å². The number of nitrogens with one attached hydrogen (secondary N) is 2. The summed E-state index contributed by atoms with van der Waals surface area (Å²) in [6.07, 6.45) is 10.3. The van der Waals surface area contributed by atoms with Gasteiger partial charge in [0.05, 0.1) is 17.1 Å². The lowest BCUT2D eigenvalue weighted by atomic mass is 9.32. The van der Waals surface area contributed by atoms with Gasteiger partial charge in [0.25, 0.3) is 5.91 Å². The third-order valence-electron chi connectivity index (χ3n) is 16.5. The Morgan fingerprint density at radius 3 is 2.27 bits per heavy atom. The van der Waals surface area contributed by atoms with Crippen LogP contribution in [0.25, 0.3) is 0 Å². The lowest BCUT2D eigenvalue weighted by Crippen LogP contribution is -2.67. The number of benzene rings is 2. The van der Waals surface area contributed by atoms with Gasteiger partial charge in [0.1, 0.15) is 0 Å². The maximum atomic E-state index is 14.7. The van der Waals surface area contributed by atoms with Crippen molar-refractivity contribution < 1.29 is 24.6 Å². The number of fused-ring (bicyclic) bond motifs is 7. The molecular formula is C45H60N2O5. The van der Waals surface area contributed by atoms with Crippen LogP contribution in [0.3, 0.4) is 0 Å². The minimum Gasteiger partial charge on any atom is -0.478 e. The predicted molar refractivity (Wildman–Crippen MR) is 205 cm³/mol. The number of carboxylic acid groups (broad SMARTS) is 1. The second-order valence-electron chi connectivity index (χ2n) is 18.9. The largest absolute Gasteiger partial charge is 0.478 e. The summed E-state index contributed by atoms with van der Waals surface area (Å²) in [6.45, 7) is 19.4. The van der Waals surface area contributed by atoms with Crippen LogP contribution in [-0.4, -0.2) is 34.1 Å². The van der Waals surface area contributed by atoms with Crippen molar-refractivity contribution in [1.82, 2.24) is 5.32 Å². The molecule has 0 heterocycles. The molecule has 0 spiro atoms. The van der Waals surface area contributed by atoms with E-state index in [1.807, 2.05) is 12.1 Å². The van der Waals surface area contributed by atoms with Crippen LogP contribution in [0.1, 0.15) is 132 Å². The number of amides is 2. The first kappa shape index (κ1) is 36.9. The van der Waals surface area contributed by atoms with E-state index in [4.69, 9.17) is 0 Å². The summed E-state index contributed by atoms with van der Waals surface area (Å²) in [6, 6.07) is 13.5. The number of carbonyl (C=O) groups excluding carboxylic acids is 2. The van der Waals surface area contributed by atoms with Crippen molar-refractivity contribution in [3.63, 3.8) is 0 Å². The number of rotatable bonds is 7. The Kier molecular flexibility index (Phi) is 9.11. The van der Waals surface area contributed by atoms with E-state index >= 15 is 0 Å². The van der Waals surface area contributed by atoms with E-state index in [2.05, 4.69) is 58.8 Å². The zero-order valence-electron chi connectivity index (χ0n) is 32.2. The summed E-state index contributed by atoms with van der Waals surface area (Å²) in [5, 5.41) is 26.6. The van der Waals surface area contributed by atoms with Crippen molar-refractivity contribution in [1.29, 1.82) is 0 Å². The first-order valence-electron chi connectivity index (χ1n) is 19.8. The van der Waals surface area contributed by atoms with Gasteiger partial charge in [-0.25, -0.2) is 4.79 Å². The molecule has 2 amide bonds. The standard InChI is InChI=1S/C45H60N2O5/c1-27(2)32-16-21-45(40(52)46-26-28-10-8-11-29(24-28)38(49)47-31-13-9-12-30(25-31)39(50)51)23-22-43(6)33(37(32)45)14-15-35-42(5)19-18-36(48)41(3,4)34(42)17-20-44(35,43)7/h8-13,24-25,32-37,48H,1,14-23,26H2,2-7H3,(H,46,52)(H,47,49)(H,50,51)/t32-,33?,34?,35?,36?,37?,42?,43+,44?,45?/m0/s1. The molecule has 8 unspecified atom stereocenters. The molecule has 5 aliphatic carbocycles. The molecular weight excluding hydrogens is 649 g/mol. The highest BCUT2D eigenvalue weighted by Gasteiger charge is 2.71. The van der Waals surface area contributed by atoms with Gasteiger partial charge in [0, 0.05) is 17.8 Å². The predicted octanol–water partition coefficient (Wildman–Crippen LogP) is 9.27. The van der Waals surface area contributed by atoms with Crippen molar-refractivity contribution in [2.45, 2.75) is 118 Å². The molecule has 2 aromatic rings. The van der Waals surface area contributed by atoms with Gasteiger partial charge >= 0.3 is 5.97 Å². The van der Waals surface area contributed by atoms with Gasteiger partial charge in [-0.2, -0.15) is 0 Å². The van der Waals surface area contributed by atoms with Gasteiger partial charge in [-0.1, -0.05) is 65.0 Å². The normalized spacial score (nSPS) is 38.8. The minimum atomic E-state index is -1.05. The summed E-state index contributed by atoms with van der Waals surface area (Å²) in [7, 11) is 0. The molecule has 5 fully saturated rings. The Morgan fingerprint density at radius 2 is 1.54 bits per heavy atom. The van der Waals surface area contributed by atoms with E-state index < -0.39 is 11.4 Å². The van der Waals surface area contributed by atoms with E-state index in [1.54, 1.807) is 24.3 Å². The Bertz CT molecular complexity index is 1780. The van der Waals surface area contributed by atoms with Gasteiger partial charge in [0.2, 0.25) is 5.91 Å². The molecule has 7 heteroatoms. The number of hydrogen-bond acceptors (Lipinski definition) is 4. The second kappa shape index (κ2) is 12.8. The van der Waals surface area contributed by atoms with Crippen LogP contribution in [-0.2, 0) is 11.3 Å². The molecule has 2 aromatic carbocycles. The van der Waals surface area contributed by atoms with E-state index in [-0.39, 0.29) is 51.1 Å². The number of carbonyl (C=O) groups is 3. The second-order valence-corrected chi connectivity index (χ2v) is 18.9. The number of aliphatic hydroxyl groups is 1. The van der Waals surface area contributed by atoms with Crippen LogP contribution in [0, 0.1) is 56.7 Å². The van der Waals surface area contributed by atoms with Crippen LogP contribution >= 0.6 is 0 Å². The topological polar surface area (TPSA) is 116 Å². The maximum absolute atomic E-state index is 14.7. The van der Waals surface area contributed by atoms with Crippen LogP contribution in [0.2, 0.25) is 0 Å². The summed E-state index contributed by atoms with van der Waals surface area (Å²) in [4.78, 5) is 39.2. The van der Waals surface area contributed by atoms with Crippen molar-refractivity contribution in [2.75, 3.05) is 5.32 Å². The third-order valence-corrected chi connectivity index (χ3v) is 16.5. The Balaban J connectivity index is 1.11. The molecule has 7 rings (SSSR count). The summed E-state index contributed by atoms with van der Waals surface area (Å²) in [5.41, 5.74) is 3.05. The fourth-order valence-electron chi connectivity index (χ4n) is 13.6. The number of aromatic carboxylic acids is 1. The molecule has 280 valence electrons. The number of hydrogen-bond donors (Lipinski definition) is 4. The van der Waals surface area contributed by atoms with Gasteiger partial charge in [-0.3, -0.25) is 9.59 Å². The molecule has 5 aliphatic rings. The highest BCUT2D eigenvalue weighted by molar-refractivity contribution is 6.05. The van der Waals surface area contributed by atoms with Crippen LogP contribution < -0.4 is 10.6 Å². The first-order valence-corrected chi connectivity index (χ1v) is 19.8. The maximum Gasteiger partial charge on any atom is 0.335 e. The van der Waals surface area contributed by atoms with E-state index in [0.29, 0.717) is 41.5 Å². The molecule has 0 saturated heterocycles. The average molecular weight is 709 g/mol. The van der Waals surface area contributed by atoms with Crippen molar-refractivity contribution in [3.8, 4) is 0 Å². The third kappa shape index (κ3) is 5.50. The highest BCUT2D eigenvalue weighted by Crippen LogP contribution is 2.77. The lowest BCUT2D eigenvalue weighted by molar-refractivity contribution is -0.246. The minimum absolute atomic E-state index is 0.0698. The van der Waals surface area contributed by atoms with Crippen LogP contribution in [0.15, 0.2) is 60.7 Å². The SMILES string of the molecule is C=C(C)[C@@H]1CCC2(C(=O)NCc3cccc(C(=O)Nc4cccc(C(=O)O)c4)c3)CC[C@]3(C)C(CCC4C5(C)CCC(O)C(C)(C)C5CCC43C)C12. The summed E-state index contributed by atoms with van der Waals surface area (Å²) < 4.78 is 0. The molecule has 5 saturated carbocycles. The average Bonchev–Trinajstić information content (AvgIpc) is 3.51. The van der Waals surface area contributed by atoms with Crippen molar-refractivity contribution in [2.24, 2.45) is 56.7 Å². The molecule has 10 atom stereocenters. The van der Waals surface area contributed by atoms with Gasteiger partial charge in [0.15, 0.2) is 0 Å². The molecule has 7 nitrogen and oxygen atoms in total. The molecule has 0 aromatic heterocycles. The van der Waals surface area contributed by atoms with E-state index in [0.717, 1.165) is 50.5 Å². The number of allylic oxidation sites excluding steroid dienone is 1. The van der Waals surface area contributed by atoms with Crippen LogP contribution in [0.4, 0.5) is 5.69 Å². The fourth-order valence-corrected chi connectivity index (χ4v) is 13.6. The Morgan fingerprint density at radius 1 is 0.808 bits per heavy atom. The molecule has 0 bridgehead atoms. The Hall–Kier alpha value is -3.45. The molecule has 0 radical (unpaired) electrons. The number of anilines is 1. The number of aliphatic hydroxyl groups excluding tert-OH is 1.